The molecule has 0 aliphatic carbocycles. The molecule has 0 atom stereocenters. The zero-order chi connectivity index (χ0) is 14.8. The van der Waals surface area contributed by atoms with Crippen LogP contribution in [0.1, 0.15) is 23.9 Å². The molecule has 0 saturated carbocycles. The van der Waals surface area contributed by atoms with Crippen LogP contribution in [0, 0.1) is 11.6 Å². The number of thiazole rings is 1. The lowest BCUT2D eigenvalue weighted by atomic mass is 10.2. The first kappa shape index (κ1) is 14.4. The molecule has 2 nitrogen and oxygen atoms in total. The van der Waals surface area contributed by atoms with Crippen LogP contribution in [-0.4, -0.2) is 4.98 Å². The van der Waals surface area contributed by atoms with Crippen LogP contribution in [0.2, 0.25) is 0 Å². The minimum Gasteiger partial charge on any atom is -0.370 e. The number of rotatable bonds is 5. The Hall–Kier alpha value is -1.53. The third-order valence-electron chi connectivity index (χ3n) is 3.06. The van der Waals surface area contributed by atoms with Gasteiger partial charge in [-0.15, -0.1) is 22.7 Å². The molecule has 3 rings (SSSR count). The highest BCUT2D eigenvalue weighted by atomic mass is 32.1. The number of thiophene rings is 1. The molecule has 1 aromatic carbocycles. The van der Waals surface area contributed by atoms with Crippen LogP contribution < -0.4 is 5.32 Å². The molecular formula is C15H14F2N2S2. The van der Waals surface area contributed by atoms with E-state index in [9.17, 15) is 8.78 Å². The maximum atomic E-state index is 13.6. The van der Waals surface area contributed by atoms with E-state index in [2.05, 4.69) is 28.7 Å². The predicted molar refractivity (Wildman–Crippen MR) is 85.2 cm³/mol. The van der Waals surface area contributed by atoms with E-state index >= 15 is 0 Å². The van der Waals surface area contributed by atoms with E-state index in [1.807, 2.05) is 0 Å². The summed E-state index contributed by atoms with van der Waals surface area (Å²) in [5.41, 5.74) is 1.70. The Balaban J connectivity index is 1.74. The van der Waals surface area contributed by atoms with Crippen molar-refractivity contribution >= 4 is 37.9 Å². The SMILES string of the molecule is CCCc1csc(NCc2nc3cc(F)cc(F)c3s2)c1. The number of hydrogen-bond donors (Lipinski definition) is 1. The third-order valence-corrected chi connectivity index (χ3v) is 5.08. The number of nitrogens with zero attached hydrogens (tertiary/aromatic N) is 1. The molecule has 0 saturated heterocycles. The largest absolute Gasteiger partial charge is 0.370 e. The van der Waals surface area contributed by atoms with Crippen molar-refractivity contribution in [1.29, 1.82) is 0 Å². The molecule has 3 aromatic rings. The van der Waals surface area contributed by atoms with Gasteiger partial charge in [-0.3, -0.25) is 0 Å². The summed E-state index contributed by atoms with van der Waals surface area (Å²) in [5.74, 6) is -1.14. The van der Waals surface area contributed by atoms with Gasteiger partial charge in [-0.25, -0.2) is 13.8 Å². The van der Waals surface area contributed by atoms with Gasteiger partial charge in [0, 0.05) is 12.1 Å². The van der Waals surface area contributed by atoms with Crippen LogP contribution in [0.4, 0.5) is 13.8 Å². The van der Waals surface area contributed by atoms with Gasteiger partial charge >= 0.3 is 0 Å². The van der Waals surface area contributed by atoms with Crippen molar-refractivity contribution in [2.24, 2.45) is 0 Å². The molecule has 0 aliphatic rings. The smallest absolute Gasteiger partial charge is 0.145 e. The van der Waals surface area contributed by atoms with E-state index in [0.717, 1.165) is 28.9 Å². The van der Waals surface area contributed by atoms with Gasteiger partial charge in [0.1, 0.15) is 16.6 Å². The highest BCUT2D eigenvalue weighted by molar-refractivity contribution is 7.18. The first-order valence-electron chi connectivity index (χ1n) is 6.71. The Bertz CT molecular complexity index is 764. The van der Waals surface area contributed by atoms with Crippen molar-refractivity contribution < 1.29 is 8.78 Å². The molecule has 0 bridgehead atoms. The number of aromatic nitrogens is 1. The summed E-state index contributed by atoms with van der Waals surface area (Å²) in [7, 11) is 0. The number of fused-ring (bicyclic) bond motifs is 1. The molecule has 6 heteroatoms. The summed E-state index contributed by atoms with van der Waals surface area (Å²) in [6.07, 6.45) is 2.20. The lowest BCUT2D eigenvalue weighted by Gasteiger charge is -1.99. The highest BCUT2D eigenvalue weighted by Crippen LogP contribution is 2.27. The van der Waals surface area contributed by atoms with Crippen molar-refractivity contribution in [2.45, 2.75) is 26.3 Å². The zero-order valence-electron chi connectivity index (χ0n) is 11.5. The minimum atomic E-state index is -0.590. The lowest BCUT2D eigenvalue weighted by Crippen LogP contribution is -1.96. The Morgan fingerprint density at radius 2 is 2.10 bits per heavy atom. The summed E-state index contributed by atoms with van der Waals surface area (Å²) < 4.78 is 27.2. The number of hydrogen-bond acceptors (Lipinski definition) is 4. The summed E-state index contributed by atoms with van der Waals surface area (Å²) in [6, 6.07) is 4.29. The number of aryl methyl sites for hydroxylation is 1. The molecule has 21 heavy (non-hydrogen) atoms. The van der Waals surface area contributed by atoms with Gasteiger partial charge in [-0.05, 0) is 23.4 Å². The maximum Gasteiger partial charge on any atom is 0.145 e. The number of nitrogens with one attached hydrogen (secondary N) is 1. The Kier molecular flexibility index (Phi) is 4.17. The Labute approximate surface area is 129 Å². The first-order valence-corrected chi connectivity index (χ1v) is 8.41. The topological polar surface area (TPSA) is 24.9 Å². The average molecular weight is 324 g/mol. The molecule has 0 radical (unpaired) electrons. The predicted octanol–water partition coefficient (Wildman–Crippen LogP) is 5.20. The second-order valence-electron chi connectivity index (χ2n) is 4.77. The van der Waals surface area contributed by atoms with E-state index in [0.29, 0.717) is 16.8 Å². The Morgan fingerprint density at radius 1 is 1.24 bits per heavy atom. The lowest BCUT2D eigenvalue weighted by molar-refractivity contribution is 0.593. The fraction of sp³-hybridized carbons (Fsp3) is 0.267. The van der Waals surface area contributed by atoms with Crippen LogP contribution in [0.25, 0.3) is 10.2 Å². The maximum absolute atomic E-state index is 13.6. The molecule has 1 N–H and O–H groups in total. The fourth-order valence-electron chi connectivity index (χ4n) is 2.13. The molecule has 0 fully saturated rings. The van der Waals surface area contributed by atoms with Crippen LogP contribution in [-0.2, 0) is 13.0 Å². The van der Waals surface area contributed by atoms with Crippen molar-refractivity contribution in [3.63, 3.8) is 0 Å². The molecule has 0 amide bonds. The first-order chi connectivity index (χ1) is 10.2. The quantitative estimate of drug-likeness (QED) is 0.697. The van der Waals surface area contributed by atoms with E-state index in [-0.39, 0.29) is 0 Å². The summed E-state index contributed by atoms with van der Waals surface area (Å²) in [6.45, 7) is 2.67. The molecule has 2 aromatic heterocycles. The van der Waals surface area contributed by atoms with E-state index in [1.165, 1.54) is 23.0 Å². The van der Waals surface area contributed by atoms with Crippen LogP contribution in [0.15, 0.2) is 23.6 Å². The van der Waals surface area contributed by atoms with Gasteiger partial charge in [0.05, 0.1) is 21.8 Å². The molecule has 0 spiro atoms. The number of anilines is 1. The number of benzene rings is 1. The molecular weight excluding hydrogens is 310 g/mol. The van der Waals surface area contributed by atoms with Crippen LogP contribution in [0.5, 0.6) is 0 Å². The average Bonchev–Trinajstić information content (AvgIpc) is 3.03. The second-order valence-corrected chi connectivity index (χ2v) is 6.76. The number of halogens is 2. The summed E-state index contributed by atoms with van der Waals surface area (Å²) >= 11 is 2.91. The van der Waals surface area contributed by atoms with Gasteiger partial charge in [0.15, 0.2) is 0 Å². The van der Waals surface area contributed by atoms with Gasteiger partial charge in [0.2, 0.25) is 0 Å². The van der Waals surface area contributed by atoms with Crippen LogP contribution in [0.3, 0.4) is 0 Å². The molecule has 2 heterocycles. The third kappa shape index (κ3) is 3.22. The molecule has 0 unspecified atom stereocenters. The van der Waals surface area contributed by atoms with Gasteiger partial charge in [0.25, 0.3) is 0 Å². The van der Waals surface area contributed by atoms with Crippen molar-refractivity contribution in [3.8, 4) is 0 Å². The summed E-state index contributed by atoms with van der Waals surface area (Å²) in [5, 5.41) is 7.25. The van der Waals surface area contributed by atoms with Crippen LogP contribution >= 0.6 is 22.7 Å². The van der Waals surface area contributed by atoms with E-state index in [1.54, 1.807) is 11.3 Å². The monoisotopic (exact) mass is 324 g/mol. The van der Waals surface area contributed by atoms with E-state index < -0.39 is 11.6 Å². The second kappa shape index (κ2) is 6.07. The van der Waals surface area contributed by atoms with Gasteiger partial charge in [-0.1, -0.05) is 13.3 Å². The molecule has 110 valence electrons. The fourth-order valence-corrected chi connectivity index (χ4v) is 3.86. The van der Waals surface area contributed by atoms with Crippen molar-refractivity contribution in [2.75, 3.05) is 5.32 Å². The summed E-state index contributed by atoms with van der Waals surface area (Å²) in [4.78, 5) is 4.27. The van der Waals surface area contributed by atoms with Gasteiger partial charge in [-0.2, -0.15) is 0 Å². The standard InChI is InChI=1S/C15H14F2N2S2/c1-2-3-9-4-13(20-8-9)18-7-14-19-12-6-10(16)5-11(17)15(12)21-14/h4-6,8,18H,2-3,7H2,1H3. The van der Waals surface area contributed by atoms with Crippen molar-refractivity contribution in [1.82, 2.24) is 4.98 Å². The normalized spacial score (nSPS) is 11.2. The molecule has 0 aliphatic heterocycles. The van der Waals surface area contributed by atoms with Crippen molar-refractivity contribution in [3.05, 3.63) is 45.8 Å². The highest BCUT2D eigenvalue weighted by Gasteiger charge is 2.10. The Morgan fingerprint density at radius 3 is 2.90 bits per heavy atom. The minimum absolute atomic E-state index is 0.382. The zero-order valence-corrected chi connectivity index (χ0v) is 13.1. The van der Waals surface area contributed by atoms with E-state index in [4.69, 9.17) is 0 Å². The van der Waals surface area contributed by atoms with Gasteiger partial charge < -0.3 is 5.32 Å².